The lowest BCUT2D eigenvalue weighted by Gasteiger charge is -2.26. The first-order valence-corrected chi connectivity index (χ1v) is 11.2. The molecule has 6 nitrogen and oxygen atoms in total. The van der Waals surface area contributed by atoms with Crippen molar-refractivity contribution in [1.82, 2.24) is 15.2 Å². The third kappa shape index (κ3) is 4.74. The van der Waals surface area contributed by atoms with Crippen LogP contribution in [0.25, 0.3) is 11.1 Å². The maximum absolute atomic E-state index is 14.0. The summed E-state index contributed by atoms with van der Waals surface area (Å²) in [5, 5.41) is 10.2. The summed E-state index contributed by atoms with van der Waals surface area (Å²) in [5.41, 5.74) is 6.24. The number of hydrogen-bond acceptors (Lipinski definition) is 4. The van der Waals surface area contributed by atoms with Crippen molar-refractivity contribution < 1.29 is 13.6 Å². The molecule has 1 fully saturated rings. The molecule has 0 spiro atoms. The van der Waals surface area contributed by atoms with Crippen molar-refractivity contribution in [3.8, 4) is 11.1 Å². The second-order valence-electron chi connectivity index (χ2n) is 8.82. The number of pyridine rings is 1. The summed E-state index contributed by atoms with van der Waals surface area (Å²) < 4.78 is 28.0. The molecule has 0 saturated carbocycles. The number of H-pyrrole nitrogens is 1. The Labute approximate surface area is 192 Å². The predicted molar refractivity (Wildman–Crippen MR) is 126 cm³/mol. The van der Waals surface area contributed by atoms with E-state index in [4.69, 9.17) is 0 Å². The molecule has 0 unspecified atom stereocenters. The van der Waals surface area contributed by atoms with Gasteiger partial charge < -0.3 is 10.2 Å². The van der Waals surface area contributed by atoms with Crippen LogP contribution in [0.5, 0.6) is 0 Å². The van der Waals surface area contributed by atoms with Crippen molar-refractivity contribution in [1.29, 1.82) is 0 Å². The molecule has 33 heavy (non-hydrogen) atoms. The van der Waals surface area contributed by atoms with E-state index in [1.807, 2.05) is 56.9 Å². The van der Waals surface area contributed by atoms with E-state index < -0.39 is 5.92 Å². The van der Waals surface area contributed by atoms with E-state index in [9.17, 15) is 13.6 Å². The Hall–Kier alpha value is -3.29. The highest BCUT2D eigenvalue weighted by molar-refractivity contribution is 6.09. The molecule has 1 aromatic carbocycles. The number of rotatable bonds is 4. The Morgan fingerprint density at radius 3 is 2.64 bits per heavy atom. The number of aromatic amines is 1. The minimum Gasteiger partial charge on any atom is -0.356 e. The van der Waals surface area contributed by atoms with Crippen molar-refractivity contribution in [2.45, 2.75) is 52.9 Å². The summed E-state index contributed by atoms with van der Waals surface area (Å²) in [5.74, 6) is -2.56. The topological polar surface area (TPSA) is 73.9 Å². The molecule has 2 aromatic heterocycles. The van der Waals surface area contributed by atoms with Gasteiger partial charge in [-0.2, -0.15) is 5.10 Å². The number of anilines is 2. The fraction of sp³-hybridized carbons (Fsp3) is 0.400. The molecule has 0 radical (unpaired) electrons. The minimum absolute atomic E-state index is 0.146. The quantitative estimate of drug-likeness (QED) is 0.541. The maximum Gasteiger partial charge on any atom is 0.259 e. The van der Waals surface area contributed by atoms with Crippen LogP contribution in [0.2, 0.25) is 0 Å². The highest BCUT2D eigenvalue weighted by atomic mass is 19.3. The molecule has 1 saturated heterocycles. The van der Waals surface area contributed by atoms with Crippen LogP contribution in [-0.4, -0.2) is 40.1 Å². The fourth-order valence-electron chi connectivity index (χ4n) is 4.49. The van der Waals surface area contributed by atoms with E-state index in [0.29, 0.717) is 30.0 Å². The van der Waals surface area contributed by atoms with Crippen molar-refractivity contribution in [2.75, 3.05) is 23.3 Å². The van der Waals surface area contributed by atoms with Crippen LogP contribution >= 0.6 is 0 Å². The van der Waals surface area contributed by atoms with Crippen molar-refractivity contribution in [2.24, 2.45) is 0 Å². The van der Waals surface area contributed by atoms with E-state index in [1.54, 1.807) is 6.20 Å². The molecule has 3 heterocycles. The number of benzene rings is 1. The number of nitrogens with one attached hydrogen (secondary N) is 2. The SMILES string of the molecule is Cc1cccc(NC(=O)c2c(N3CCCC(F)(F)CC3)ncc(-c3c(C)n[nH]c3C)c2C)c1. The highest BCUT2D eigenvalue weighted by Gasteiger charge is 2.34. The number of hydrogen-bond donors (Lipinski definition) is 2. The monoisotopic (exact) mass is 453 g/mol. The van der Waals surface area contributed by atoms with Gasteiger partial charge in [-0.15, -0.1) is 0 Å². The standard InChI is InChI=1S/C25H29F2N5O/c1-15-7-5-8-19(13-15)29-24(33)21-16(2)20(22-17(3)30-31-18(22)4)14-28-23(21)32-11-6-9-25(26,27)10-12-32/h5,7-8,13-14H,6,9-12H2,1-4H3,(H,29,33)(H,30,31). The molecule has 4 rings (SSSR count). The third-order valence-corrected chi connectivity index (χ3v) is 6.24. The number of carbonyl (C=O) groups excluding carboxylic acids is 1. The zero-order chi connectivity index (χ0) is 23.8. The highest BCUT2D eigenvalue weighted by Crippen LogP contribution is 2.36. The maximum atomic E-state index is 14.0. The van der Waals surface area contributed by atoms with Crippen LogP contribution in [-0.2, 0) is 0 Å². The molecule has 3 aromatic rings. The zero-order valence-electron chi connectivity index (χ0n) is 19.4. The van der Waals surface area contributed by atoms with Crippen LogP contribution in [0.3, 0.4) is 0 Å². The Bertz CT molecular complexity index is 1170. The number of halogens is 2. The van der Waals surface area contributed by atoms with Gasteiger partial charge in [-0.05, 0) is 57.4 Å². The van der Waals surface area contributed by atoms with E-state index in [0.717, 1.165) is 33.6 Å². The first kappa shape index (κ1) is 22.9. The van der Waals surface area contributed by atoms with E-state index >= 15 is 0 Å². The number of carbonyl (C=O) groups is 1. The molecule has 0 bridgehead atoms. The van der Waals surface area contributed by atoms with Crippen LogP contribution in [0.4, 0.5) is 20.3 Å². The minimum atomic E-state index is -2.70. The molecule has 1 aliphatic heterocycles. The van der Waals surface area contributed by atoms with Crippen LogP contribution in [0.15, 0.2) is 30.5 Å². The Kier molecular flexibility index (Phi) is 6.19. The van der Waals surface area contributed by atoms with Gasteiger partial charge in [0.05, 0.1) is 11.3 Å². The van der Waals surface area contributed by atoms with Crippen LogP contribution < -0.4 is 10.2 Å². The molecule has 174 valence electrons. The molecule has 8 heteroatoms. The lowest BCUT2D eigenvalue weighted by Crippen LogP contribution is -2.30. The largest absolute Gasteiger partial charge is 0.356 e. The second kappa shape index (κ2) is 8.92. The molecular formula is C25H29F2N5O. The van der Waals surface area contributed by atoms with E-state index in [-0.39, 0.29) is 25.3 Å². The Balaban J connectivity index is 1.80. The van der Waals surface area contributed by atoms with Gasteiger partial charge >= 0.3 is 0 Å². The van der Waals surface area contributed by atoms with Gasteiger partial charge in [0.2, 0.25) is 5.92 Å². The van der Waals surface area contributed by atoms with Gasteiger partial charge in [0, 0.05) is 54.6 Å². The molecule has 1 amide bonds. The Morgan fingerprint density at radius 1 is 1.15 bits per heavy atom. The van der Waals surface area contributed by atoms with Crippen molar-refractivity contribution in [3.63, 3.8) is 0 Å². The number of nitrogens with zero attached hydrogens (tertiary/aromatic N) is 3. The summed E-state index contributed by atoms with van der Waals surface area (Å²) in [4.78, 5) is 20.0. The first-order valence-electron chi connectivity index (χ1n) is 11.2. The van der Waals surface area contributed by atoms with Gasteiger partial charge in [-0.1, -0.05) is 12.1 Å². The summed E-state index contributed by atoms with van der Waals surface area (Å²) in [7, 11) is 0. The summed E-state index contributed by atoms with van der Waals surface area (Å²) >= 11 is 0. The van der Waals surface area contributed by atoms with Crippen molar-refractivity contribution in [3.05, 3.63) is 58.5 Å². The second-order valence-corrected chi connectivity index (χ2v) is 8.82. The van der Waals surface area contributed by atoms with E-state index in [1.165, 1.54) is 0 Å². The lowest BCUT2D eigenvalue weighted by atomic mass is 9.96. The normalized spacial score (nSPS) is 15.9. The summed E-state index contributed by atoms with van der Waals surface area (Å²) in [6.45, 7) is 8.23. The molecule has 0 aliphatic carbocycles. The summed E-state index contributed by atoms with van der Waals surface area (Å²) in [6, 6.07) is 7.55. The molecular weight excluding hydrogens is 424 g/mol. The molecule has 1 aliphatic rings. The van der Waals surface area contributed by atoms with Gasteiger partial charge in [0.1, 0.15) is 5.82 Å². The number of amides is 1. The van der Waals surface area contributed by atoms with Gasteiger partial charge in [-0.3, -0.25) is 9.89 Å². The average molecular weight is 454 g/mol. The average Bonchev–Trinajstić information content (AvgIpc) is 2.96. The number of aromatic nitrogens is 3. The smallest absolute Gasteiger partial charge is 0.259 e. The van der Waals surface area contributed by atoms with Gasteiger partial charge in [-0.25, -0.2) is 13.8 Å². The lowest BCUT2D eigenvalue weighted by molar-refractivity contribution is -0.0102. The zero-order valence-corrected chi connectivity index (χ0v) is 19.4. The predicted octanol–water partition coefficient (Wildman–Crippen LogP) is 5.58. The third-order valence-electron chi connectivity index (χ3n) is 6.24. The fourth-order valence-corrected chi connectivity index (χ4v) is 4.49. The van der Waals surface area contributed by atoms with Gasteiger partial charge in [0.15, 0.2) is 0 Å². The van der Waals surface area contributed by atoms with E-state index in [2.05, 4.69) is 20.5 Å². The number of alkyl halides is 2. The summed E-state index contributed by atoms with van der Waals surface area (Å²) in [6.07, 6.45) is 1.66. The van der Waals surface area contributed by atoms with Gasteiger partial charge in [0.25, 0.3) is 5.91 Å². The van der Waals surface area contributed by atoms with Crippen molar-refractivity contribution >= 4 is 17.4 Å². The number of aryl methyl sites for hydroxylation is 3. The van der Waals surface area contributed by atoms with Crippen LogP contribution in [0.1, 0.15) is 52.1 Å². The van der Waals surface area contributed by atoms with Crippen LogP contribution in [0, 0.1) is 27.7 Å². The molecule has 0 atom stereocenters. The first-order chi connectivity index (χ1) is 15.7. The molecule has 2 N–H and O–H groups in total. The Morgan fingerprint density at radius 2 is 1.94 bits per heavy atom.